The first-order chi connectivity index (χ1) is 12.3. The number of aliphatic hydroxyl groups excluding tert-OH is 1. The molecule has 3 N–H and O–H groups in total. The maximum atomic E-state index is 12.8. The molecule has 1 fully saturated rings. The van der Waals surface area contributed by atoms with Crippen molar-refractivity contribution >= 4 is 40.9 Å². The van der Waals surface area contributed by atoms with Gasteiger partial charge in [-0.3, -0.25) is 14.5 Å². The molecule has 26 heavy (non-hydrogen) atoms. The van der Waals surface area contributed by atoms with Crippen molar-refractivity contribution in [1.82, 2.24) is 10.2 Å². The Bertz CT molecular complexity index is 776. The Morgan fingerprint density at radius 3 is 2.81 bits per heavy atom. The zero-order valence-corrected chi connectivity index (χ0v) is 15.7. The number of nitrogens with zero attached hydrogens (tertiary/aromatic N) is 1. The van der Waals surface area contributed by atoms with Gasteiger partial charge < -0.3 is 20.3 Å². The van der Waals surface area contributed by atoms with E-state index in [4.69, 9.17) is 4.74 Å². The average molecular weight is 398 g/mol. The molecule has 0 bridgehead atoms. The van der Waals surface area contributed by atoms with Gasteiger partial charge in [-0.2, -0.15) is 0 Å². The number of fused-ring (bicyclic) bond motifs is 1. The lowest BCUT2D eigenvalue weighted by Crippen LogP contribution is -2.80. The Morgan fingerprint density at radius 2 is 2.27 bits per heavy atom. The molecule has 3 heterocycles. The molecule has 3 atom stereocenters. The van der Waals surface area contributed by atoms with Gasteiger partial charge in [-0.25, -0.2) is 4.79 Å². The maximum Gasteiger partial charge on any atom is 0.352 e. The number of thioether (sulfide) groups is 1. The van der Waals surface area contributed by atoms with Crippen molar-refractivity contribution in [2.45, 2.75) is 30.5 Å². The Hall–Kier alpha value is -1.88. The third-order valence-corrected chi connectivity index (χ3v) is 6.54. The molecule has 0 aliphatic carbocycles. The van der Waals surface area contributed by atoms with Gasteiger partial charge in [-0.1, -0.05) is 6.07 Å². The molecule has 1 saturated heterocycles. The zero-order chi connectivity index (χ0) is 19.1. The highest BCUT2D eigenvalue weighted by molar-refractivity contribution is 8.00. The molecule has 2 aliphatic rings. The highest BCUT2D eigenvalue weighted by atomic mass is 32.2. The fourth-order valence-electron chi connectivity index (χ4n) is 3.05. The van der Waals surface area contributed by atoms with E-state index in [0.29, 0.717) is 0 Å². The number of hydrogen-bond acceptors (Lipinski definition) is 7. The summed E-state index contributed by atoms with van der Waals surface area (Å²) in [6.45, 7) is 1.45. The number of methoxy groups -OCH3 is 1. The van der Waals surface area contributed by atoms with Gasteiger partial charge in [-0.05, 0) is 23.9 Å². The summed E-state index contributed by atoms with van der Waals surface area (Å²) in [5, 5.41) is 23.1. The Labute approximate surface area is 157 Å². The number of carbonyl (C=O) groups excluding carboxylic acids is 2. The average Bonchev–Trinajstić information content (AvgIpc) is 3.10. The highest BCUT2D eigenvalue weighted by Gasteiger charge is 2.66. The molecular weight excluding hydrogens is 380 g/mol. The van der Waals surface area contributed by atoms with Crippen molar-refractivity contribution in [2.75, 3.05) is 12.9 Å². The number of nitrogens with one attached hydrogen (secondary N) is 1. The monoisotopic (exact) mass is 398 g/mol. The van der Waals surface area contributed by atoms with Crippen molar-refractivity contribution < 1.29 is 29.3 Å². The summed E-state index contributed by atoms with van der Waals surface area (Å²) in [6.07, 6.45) is -0.887. The summed E-state index contributed by atoms with van der Waals surface area (Å²) in [4.78, 5) is 38.7. The smallest absolute Gasteiger partial charge is 0.352 e. The Morgan fingerprint density at radius 1 is 1.54 bits per heavy atom. The number of carbonyl (C=O) groups is 3. The van der Waals surface area contributed by atoms with Crippen molar-refractivity contribution in [3.8, 4) is 0 Å². The molecule has 10 heteroatoms. The normalized spacial score (nSPS) is 26.2. The molecule has 0 aromatic carbocycles. The standard InChI is InChI=1S/C16H18N2O6S2/c1-8(19)10-7-26-15-16(24-2,14(23)18(15)12(10)13(21)22)17-11(20)6-9-4-3-5-25-9/h3-5,8,15,19H,6-7H2,1-2H3,(H,17,20)(H,21,22)/t8?,15-,16-/m0/s1. The van der Waals surface area contributed by atoms with Gasteiger partial charge in [0.05, 0.1) is 12.5 Å². The molecule has 0 spiro atoms. The SMILES string of the molecule is CO[C@@]1(NC(=O)Cc2cccs2)C(=O)N2C(C(=O)O)=C(C(C)O)CS[C@H]21. The lowest BCUT2D eigenvalue weighted by Gasteiger charge is -2.56. The van der Waals surface area contributed by atoms with Crippen LogP contribution in [0.4, 0.5) is 0 Å². The number of carboxylic acids is 1. The van der Waals surface area contributed by atoms with Gasteiger partial charge in [0, 0.05) is 17.7 Å². The van der Waals surface area contributed by atoms with E-state index in [9.17, 15) is 24.6 Å². The van der Waals surface area contributed by atoms with Crippen LogP contribution in [0.5, 0.6) is 0 Å². The van der Waals surface area contributed by atoms with Crippen LogP contribution in [0, 0.1) is 0 Å². The second-order valence-electron chi connectivity index (χ2n) is 5.94. The number of aliphatic carboxylic acids is 1. The fraction of sp³-hybridized carbons (Fsp3) is 0.438. The molecule has 1 aromatic heterocycles. The molecule has 3 rings (SSSR count). The first kappa shape index (κ1) is 18.9. The molecule has 2 amide bonds. The Kier molecular flexibility index (Phi) is 5.11. The number of β-lactam (4-membered cyclic amide) rings is 1. The van der Waals surface area contributed by atoms with Crippen molar-refractivity contribution in [2.24, 2.45) is 0 Å². The minimum absolute atomic E-state index is 0.105. The van der Waals surface area contributed by atoms with Crippen LogP contribution in [0.2, 0.25) is 0 Å². The van der Waals surface area contributed by atoms with Crippen LogP contribution in [-0.2, 0) is 25.5 Å². The first-order valence-electron chi connectivity index (χ1n) is 7.80. The lowest BCUT2D eigenvalue weighted by atomic mass is 9.96. The predicted molar refractivity (Wildman–Crippen MR) is 95.3 cm³/mol. The van der Waals surface area contributed by atoms with Crippen LogP contribution < -0.4 is 5.32 Å². The Balaban J connectivity index is 1.85. The van der Waals surface area contributed by atoms with Gasteiger partial charge in [0.2, 0.25) is 5.91 Å². The molecule has 8 nitrogen and oxygen atoms in total. The quantitative estimate of drug-likeness (QED) is 0.469. The van der Waals surface area contributed by atoms with E-state index in [0.717, 1.165) is 9.78 Å². The van der Waals surface area contributed by atoms with Gasteiger partial charge in [0.1, 0.15) is 11.1 Å². The third-order valence-electron chi connectivity index (χ3n) is 4.33. The summed E-state index contributed by atoms with van der Waals surface area (Å²) < 4.78 is 5.35. The van der Waals surface area contributed by atoms with Gasteiger partial charge in [0.15, 0.2) is 0 Å². The molecule has 0 saturated carbocycles. The summed E-state index contributed by atoms with van der Waals surface area (Å²) >= 11 is 2.67. The number of rotatable bonds is 6. The number of amides is 2. The van der Waals surface area contributed by atoms with Crippen molar-refractivity contribution in [3.63, 3.8) is 0 Å². The lowest BCUT2D eigenvalue weighted by molar-refractivity contribution is -0.192. The van der Waals surface area contributed by atoms with E-state index < -0.39 is 29.1 Å². The zero-order valence-electron chi connectivity index (χ0n) is 14.1. The van der Waals surface area contributed by atoms with E-state index in [-0.39, 0.29) is 29.4 Å². The van der Waals surface area contributed by atoms with E-state index in [2.05, 4.69) is 5.32 Å². The van der Waals surface area contributed by atoms with E-state index in [1.165, 1.54) is 37.1 Å². The van der Waals surface area contributed by atoms with Crippen LogP contribution in [0.3, 0.4) is 0 Å². The number of ether oxygens (including phenoxy) is 1. The number of aliphatic hydroxyl groups is 1. The van der Waals surface area contributed by atoms with Gasteiger partial charge in [0.25, 0.3) is 11.6 Å². The van der Waals surface area contributed by atoms with E-state index in [1.807, 2.05) is 17.5 Å². The van der Waals surface area contributed by atoms with Gasteiger partial charge in [-0.15, -0.1) is 23.1 Å². The van der Waals surface area contributed by atoms with Crippen LogP contribution in [0.1, 0.15) is 11.8 Å². The molecule has 1 aromatic rings. The number of thiophene rings is 1. The third kappa shape index (κ3) is 2.92. The van der Waals surface area contributed by atoms with Crippen molar-refractivity contribution in [1.29, 1.82) is 0 Å². The van der Waals surface area contributed by atoms with Crippen molar-refractivity contribution in [3.05, 3.63) is 33.7 Å². The second-order valence-corrected chi connectivity index (χ2v) is 8.04. The fourth-order valence-corrected chi connectivity index (χ4v) is 5.30. The minimum Gasteiger partial charge on any atom is -0.477 e. The van der Waals surface area contributed by atoms with Crippen LogP contribution in [0.15, 0.2) is 28.8 Å². The summed E-state index contributed by atoms with van der Waals surface area (Å²) in [5.74, 6) is -2.12. The predicted octanol–water partition coefficient (Wildman–Crippen LogP) is 0.384. The summed E-state index contributed by atoms with van der Waals surface area (Å²) in [6, 6.07) is 3.64. The molecule has 2 aliphatic heterocycles. The second kappa shape index (κ2) is 7.03. The largest absolute Gasteiger partial charge is 0.477 e. The number of hydrogen-bond donors (Lipinski definition) is 3. The number of carboxylic acid groups (broad SMARTS) is 1. The van der Waals surface area contributed by atoms with Crippen LogP contribution >= 0.6 is 23.1 Å². The van der Waals surface area contributed by atoms with E-state index >= 15 is 0 Å². The molecule has 1 unspecified atom stereocenters. The van der Waals surface area contributed by atoms with E-state index in [1.54, 1.807) is 0 Å². The maximum absolute atomic E-state index is 12.8. The minimum atomic E-state index is -1.61. The first-order valence-corrected chi connectivity index (χ1v) is 9.73. The van der Waals surface area contributed by atoms with Crippen LogP contribution in [-0.4, -0.2) is 63.0 Å². The summed E-state index contributed by atoms with van der Waals surface area (Å²) in [7, 11) is 1.30. The molecular formula is C16H18N2O6S2. The highest BCUT2D eigenvalue weighted by Crippen LogP contribution is 2.47. The molecule has 140 valence electrons. The van der Waals surface area contributed by atoms with Crippen LogP contribution in [0.25, 0.3) is 0 Å². The van der Waals surface area contributed by atoms with Gasteiger partial charge >= 0.3 is 5.97 Å². The topological polar surface area (TPSA) is 116 Å². The molecule has 0 radical (unpaired) electrons. The summed E-state index contributed by atoms with van der Waals surface area (Å²) in [5.41, 5.74) is -1.58.